The Kier molecular flexibility index (Phi) is 9.53. The highest BCUT2D eigenvalue weighted by molar-refractivity contribution is 7.90. The van der Waals surface area contributed by atoms with E-state index in [0.717, 1.165) is 49.4 Å². The van der Waals surface area contributed by atoms with Crippen LogP contribution < -0.4 is 14.4 Å². The van der Waals surface area contributed by atoms with Gasteiger partial charge in [0, 0.05) is 30.8 Å². The molecule has 2 aliphatic carbocycles. The number of nitrogens with zero attached hydrogens (tertiary/aromatic N) is 1. The fourth-order valence-corrected chi connectivity index (χ4v) is 9.17. The second-order valence-corrected chi connectivity index (χ2v) is 15.8. The summed E-state index contributed by atoms with van der Waals surface area (Å²) < 4.78 is 48.0. The van der Waals surface area contributed by atoms with E-state index < -0.39 is 26.8 Å². The number of allylic oxidation sites excluding steroid dienone is 1. The molecule has 4 bridgehead atoms. The zero-order valence-electron chi connectivity index (χ0n) is 26.5. The normalized spacial score (nSPS) is 31.2. The molecule has 2 heterocycles. The van der Waals surface area contributed by atoms with Crippen molar-refractivity contribution in [2.45, 2.75) is 69.8 Å². The lowest BCUT2D eigenvalue weighted by atomic mass is 9.63. The third-order valence-corrected chi connectivity index (χ3v) is 12.8. The number of hydrogen-bond acceptors (Lipinski definition) is 7. The molecule has 0 aromatic heterocycles. The molecular weight excluding hydrogens is 612 g/mol. The summed E-state index contributed by atoms with van der Waals surface area (Å²) in [7, 11) is -2.29. The molecule has 6 atom stereocenters. The highest BCUT2D eigenvalue weighted by Crippen LogP contribution is 2.52. The van der Waals surface area contributed by atoms with Crippen molar-refractivity contribution in [3.05, 3.63) is 70.3 Å². The van der Waals surface area contributed by atoms with Crippen LogP contribution in [0.2, 0.25) is 5.02 Å². The Morgan fingerprint density at radius 3 is 2.71 bits per heavy atom. The van der Waals surface area contributed by atoms with Crippen LogP contribution in [0.3, 0.4) is 0 Å². The third kappa shape index (κ3) is 6.64. The first-order valence-electron chi connectivity index (χ1n) is 16.3. The number of amides is 1. The smallest absolute Gasteiger partial charge is 0.264 e. The molecule has 244 valence electrons. The summed E-state index contributed by atoms with van der Waals surface area (Å²) in [6.07, 6.45) is 9.88. The zero-order valence-corrected chi connectivity index (χ0v) is 28.0. The predicted molar refractivity (Wildman–Crippen MR) is 176 cm³/mol. The Hall–Kier alpha value is -2.59. The molecule has 1 fully saturated rings. The fraction of sp³-hybridized carbons (Fsp3) is 0.571. The van der Waals surface area contributed by atoms with E-state index in [2.05, 4.69) is 33.9 Å². The SMILES string of the molecule is COCCOC12C=CC(C1)[C@H](C)[C@@H](C)S(=O)(=O)NC(=O)c1ccc3c(c1)N(Cc1ccc(Cl)cc1CCCCO3)C[C@@H]1CC[C@H]12. The highest BCUT2D eigenvalue weighted by atomic mass is 35.5. The van der Waals surface area contributed by atoms with Gasteiger partial charge in [0.2, 0.25) is 10.0 Å². The van der Waals surface area contributed by atoms with Crippen LogP contribution in [0.5, 0.6) is 5.75 Å². The van der Waals surface area contributed by atoms with Crippen molar-refractivity contribution in [1.82, 2.24) is 4.72 Å². The maximum Gasteiger partial charge on any atom is 0.264 e. The monoisotopic (exact) mass is 656 g/mol. The van der Waals surface area contributed by atoms with Crippen LogP contribution in [0.4, 0.5) is 5.69 Å². The number of hydrogen-bond donors (Lipinski definition) is 1. The maximum atomic E-state index is 13.6. The number of rotatable bonds is 4. The van der Waals surface area contributed by atoms with E-state index in [-0.39, 0.29) is 23.3 Å². The Morgan fingerprint density at radius 1 is 1.09 bits per heavy atom. The van der Waals surface area contributed by atoms with Gasteiger partial charge in [-0.25, -0.2) is 13.1 Å². The van der Waals surface area contributed by atoms with Crippen LogP contribution in [0.25, 0.3) is 0 Å². The molecule has 45 heavy (non-hydrogen) atoms. The molecule has 10 heteroatoms. The molecule has 2 aliphatic heterocycles. The molecule has 0 spiro atoms. The largest absolute Gasteiger partial charge is 0.491 e. The molecule has 2 aromatic rings. The maximum absolute atomic E-state index is 13.6. The molecule has 8 nitrogen and oxygen atoms in total. The van der Waals surface area contributed by atoms with E-state index in [4.69, 9.17) is 25.8 Å². The van der Waals surface area contributed by atoms with Gasteiger partial charge in [-0.2, -0.15) is 0 Å². The minimum absolute atomic E-state index is 0.00371. The van der Waals surface area contributed by atoms with E-state index in [9.17, 15) is 13.2 Å². The van der Waals surface area contributed by atoms with Crippen LogP contribution in [0, 0.1) is 23.7 Å². The van der Waals surface area contributed by atoms with Crippen molar-refractivity contribution in [2.24, 2.45) is 23.7 Å². The van der Waals surface area contributed by atoms with Crippen molar-refractivity contribution in [2.75, 3.05) is 38.4 Å². The molecule has 4 aliphatic rings. The van der Waals surface area contributed by atoms with Crippen LogP contribution in [-0.2, 0) is 32.5 Å². The Bertz CT molecular complexity index is 1550. The van der Waals surface area contributed by atoms with E-state index in [1.54, 1.807) is 26.2 Å². The van der Waals surface area contributed by atoms with Gasteiger partial charge < -0.3 is 19.1 Å². The molecule has 2 unspecified atom stereocenters. The summed E-state index contributed by atoms with van der Waals surface area (Å²) in [5.41, 5.74) is 2.98. The first-order valence-corrected chi connectivity index (χ1v) is 18.2. The fourth-order valence-electron chi connectivity index (χ4n) is 7.64. The second-order valence-electron chi connectivity index (χ2n) is 13.3. The van der Waals surface area contributed by atoms with Crippen molar-refractivity contribution < 1.29 is 27.4 Å². The quantitative estimate of drug-likeness (QED) is 0.311. The lowest BCUT2D eigenvalue weighted by molar-refractivity contribution is -0.113. The van der Waals surface area contributed by atoms with Gasteiger partial charge in [-0.15, -0.1) is 0 Å². The molecule has 1 N–H and O–H groups in total. The van der Waals surface area contributed by atoms with E-state index in [0.29, 0.717) is 44.5 Å². The number of halogens is 1. The average molecular weight is 657 g/mol. The number of aryl methyl sites for hydroxylation is 1. The van der Waals surface area contributed by atoms with Gasteiger partial charge in [0.25, 0.3) is 5.91 Å². The van der Waals surface area contributed by atoms with Gasteiger partial charge in [-0.3, -0.25) is 4.79 Å². The Labute approximate surface area is 272 Å². The number of carbonyl (C=O) groups is 1. The number of fused-ring (bicyclic) bond motifs is 6. The van der Waals surface area contributed by atoms with E-state index in [1.807, 2.05) is 19.1 Å². The summed E-state index contributed by atoms with van der Waals surface area (Å²) in [6, 6.07) is 11.4. The highest BCUT2D eigenvalue weighted by Gasteiger charge is 2.52. The van der Waals surface area contributed by atoms with E-state index in [1.165, 1.54) is 11.1 Å². The summed E-state index contributed by atoms with van der Waals surface area (Å²) >= 11 is 6.45. The molecule has 1 saturated carbocycles. The first-order chi connectivity index (χ1) is 21.6. The third-order valence-electron chi connectivity index (χ3n) is 10.7. The standard InChI is InChI=1S/C35H45ClN2O6S/c1-23-24(2)45(40,41)37-34(39)26-9-12-33-32(19-26)38(21-28-7-10-30(36)18-25(28)6-4-5-15-43-33)22-29-8-11-31(29)35(44-17-16-42-3)14-13-27(23)20-35/h7,9-10,12-14,18-19,23-24,27,29,31H,4-6,8,11,15-17,20-22H2,1-3H3,(H,37,39)/t23-,24-,27?,29+,31-,35?/m1/s1. The van der Waals surface area contributed by atoms with Crippen molar-refractivity contribution in [3.8, 4) is 5.75 Å². The number of benzene rings is 2. The van der Waals surface area contributed by atoms with Gasteiger partial charge in [0.05, 0.1) is 36.4 Å². The molecule has 6 rings (SSSR count). The summed E-state index contributed by atoms with van der Waals surface area (Å²) in [5, 5.41) is -0.0607. The number of carbonyl (C=O) groups excluding carboxylic acids is 1. The van der Waals surface area contributed by atoms with Crippen LogP contribution >= 0.6 is 11.6 Å². The van der Waals surface area contributed by atoms with Gasteiger partial charge in [0.1, 0.15) is 5.75 Å². The predicted octanol–water partition coefficient (Wildman–Crippen LogP) is 6.16. The minimum Gasteiger partial charge on any atom is -0.491 e. The number of sulfonamides is 1. The van der Waals surface area contributed by atoms with Crippen LogP contribution in [0.1, 0.15) is 67.4 Å². The summed E-state index contributed by atoms with van der Waals surface area (Å²) in [6.45, 7) is 6.51. The molecule has 0 radical (unpaired) electrons. The Morgan fingerprint density at radius 2 is 1.93 bits per heavy atom. The van der Waals surface area contributed by atoms with Gasteiger partial charge >= 0.3 is 0 Å². The molecule has 2 aromatic carbocycles. The van der Waals surface area contributed by atoms with Gasteiger partial charge in [0.15, 0.2) is 0 Å². The van der Waals surface area contributed by atoms with Crippen LogP contribution in [-0.4, -0.2) is 58.7 Å². The minimum atomic E-state index is -3.96. The molecular formula is C35H45ClN2O6S. The van der Waals surface area contributed by atoms with Gasteiger partial charge in [-0.05, 0) is 111 Å². The number of nitrogens with one attached hydrogen (secondary N) is 1. The van der Waals surface area contributed by atoms with Crippen molar-refractivity contribution >= 4 is 33.2 Å². The summed E-state index contributed by atoms with van der Waals surface area (Å²) in [5.74, 6) is 0.421. The zero-order chi connectivity index (χ0) is 31.8. The number of anilines is 1. The molecule has 0 saturated heterocycles. The summed E-state index contributed by atoms with van der Waals surface area (Å²) in [4.78, 5) is 15.9. The second kappa shape index (κ2) is 13.3. The molecule has 1 amide bonds. The number of ether oxygens (including phenoxy) is 3. The first kappa shape index (κ1) is 32.4. The lowest BCUT2D eigenvalue weighted by Gasteiger charge is -2.50. The van der Waals surface area contributed by atoms with Crippen molar-refractivity contribution in [3.63, 3.8) is 0 Å². The topological polar surface area (TPSA) is 94.2 Å². The average Bonchev–Trinajstić information content (AvgIpc) is 3.41. The lowest BCUT2D eigenvalue weighted by Crippen LogP contribution is -2.51. The van der Waals surface area contributed by atoms with E-state index >= 15 is 0 Å². The van der Waals surface area contributed by atoms with Crippen molar-refractivity contribution in [1.29, 1.82) is 0 Å². The van der Waals surface area contributed by atoms with Gasteiger partial charge in [-0.1, -0.05) is 36.7 Å². The van der Waals surface area contributed by atoms with Crippen LogP contribution in [0.15, 0.2) is 48.6 Å². The Balaban J connectivity index is 1.46. The number of methoxy groups -OCH3 is 1.